The standard InChI is InChI=1S/C13H16BrN/c14-11-6-5-10-7-8-15(13(10)9-11)12-3-1-2-4-12/h5-6,9,12H,1-4,7-8H2. The van der Waals surface area contributed by atoms with Crippen LogP contribution in [-0.4, -0.2) is 12.6 Å². The summed E-state index contributed by atoms with van der Waals surface area (Å²) in [6, 6.07) is 7.55. The van der Waals surface area contributed by atoms with Gasteiger partial charge in [0.25, 0.3) is 0 Å². The average molecular weight is 266 g/mol. The number of fused-ring (bicyclic) bond motifs is 1. The molecule has 15 heavy (non-hydrogen) atoms. The highest BCUT2D eigenvalue weighted by molar-refractivity contribution is 9.10. The van der Waals surface area contributed by atoms with E-state index in [0.717, 1.165) is 6.04 Å². The summed E-state index contributed by atoms with van der Waals surface area (Å²) < 4.78 is 1.21. The van der Waals surface area contributed by atoms with Gasteiger partial charge in [-0.1, -0.05) is 34.8 Å². The second-order valence-corrected chi connectivity index (χ2v) is 5.57. The lowest BCUT2D eigenvalue weighted by atomic mass is 10.1. The second kappa shape index (κ2) is 3.82. The molecule has 1 aromatic carbocycles. The molecule has 0 unspecified atom stereocenters. The van der Waals surface area contributed by atoms with Crippen LogP contribution in [0, 0.1) is 0 Å². The molecule has 1 saturated carbocycles. The van der Waals surface area contributed by atoms with Gasteiger partial charge in [0.15, 0.2) is 0 Å². The van der Waals surface area contributed by atoms with Crippen LogP contribution in [0.1, 0.15) is 31.2 Å². The molecule has 1 aromatic rings. The molecule has 1 fully saturated rings. The van der Waals surface area contributed by atoms with E-state index in [1.807, 2.05) is 0 Å². The number of hydrogen-bond donors (Lipinski definition) is 0. The quantitative estimate of drug-likeness (QED) is 0.748. The molecule has 0 amide bonds. The summed E-state index contributed by atoms with van der Waals surface area (Å²) in [5.41, 5.74) is 3.02. The molecule has 0 bridgehead atoms. The minimum atomic E-state index is 0.820. The van der Waals surface area contributed by atoms with Crippen LogP contribution in [0.2, 0.25) is 0 Å². The van der Waals surface area contributed by atoms with Gasteiger partial charge in [0.2, 0.25) is 0 Å². The van der Waals surface area contributed by atoms with Crippen molar-refractivity contribution in [3.63, 3.8) is 0 Å². The average Bonchev–Trinajstić information content (AvgIpc) is 2.83. The van der Waals surface area contributed by atoms with Crippen molar-refractivity contribution in [2.45, 2.75) is 38.1 Å². The topological polar surface area (TPSA) is 3.24 Å². The third-order valence-electron chi connectivity index (χ3n) is 3.74. The fraction of sp³-hybridized carbons (Fsp3) is 0.538. The van der Waals surface area contributed by atoms with Gasteiger partial charge in [-0.05, 0) is 37.0 Å². The van der Waals surface area contributed by atoms with Crippen LogP contribution in [-0.2, 0) is 6.42 Å². The summed E-state index contributed by atoms with van der Waals surface area (Å²) in [5.74, 6) is 0. The van der Waals surface area contributed by atoms with E-state index < -0.39 is 0 Å². The smallest absolute Gasteiger partial charge is 0.0413 e. The second-order valence-electron chi connectivity index (χ2n) is 4.65. The molecule has 0 saturated heterocycles. The lowest BCUT2D eigenvalue weighted by Crippen LogP contribution is -2.31. The zero-order chi connectivity index (χ0) is 10.3. The number of nitrogens with zero attached hydrogens (tertiary/aromatic N) is 1. The van der Waals surface area contributed by atoms with Gasteiger partial charge in [-0.3, -0.25) is 0 Å². The van der Waals surface area contributed by atoms with Gasteiger partial charge in [-0.25, -0.2) is 0 Å². The van der Waals surface area contributed by atoms with Crippen LogP contribution >= 0.6 is 15.9 Å². The van der Waals surface area contributed by atoms with E-state index in [1.165, 1.54) is 54.4 Å². The predicted molar refractivity (Wildman–Crippen MR) is 67.4 cm³/mol. The fourth-order valence-corrected chi connectivity index (χ4v) is 3.32. The van der Waals surface area contributed by atoms with Gasteiger partial charge in [-0.15, -0.1) is 0 Å². The van der Waals surface area contributed by atoms with Gasteiger partial charge >= 0.3 is 0 Å². The maximum Gasteiger partial charge on any atom is 0.0413 e. The van der Waals surface area contributed by atoms with Crippen molar-refractivity contribution in [3.05, 3.63) is 28.2 Å². The van der Waals surface area contributed by atoms with Crippen LogP contribution < -0.4 is 4.90 Å². The normalized spacial score (nSPS) is 21.0. The Labute approximate surface area is 99.6 Å². The van der Waals surface area contributed by atoms with E-state index in [2.05, 4.69) is 39.0 Å². The van der Waals surface area contributed by atoms with Crippen molar-refractivity contribution in [3.8, 4) is 0 Å². The highest BCUT2D eigenvalue weighted by Gasteiger charge is 2.27. The van der Waals surface area contributed by atoms with Crippen LogP contribution in [0.5, 0.6) is 0 Å². The molecule has 0 N–H and O–H groups in total. The minimum Gasteiger partial charge on any atom is -0.368 e. The van der Waals surface area contributed by atoms with Crippen molar-refractivity contribution < 1.29 is 0 Å². The summed E-state index contributed by atoms with van der Waals surface area (Å²) in [5, 5.41) is 0. The fourth-order valence-electron chi connectivity index (χ4n) is 2.97. The molecule has 80 valence electrons. The van der Waals surface area contributed by atoms with Crippen molar-refractivity contribution in [1.82, 2.24) is 0 Å². The Morgan fingerprint density at radius 2 is 2.00 bits per heavy atom. The minimum absolute atomic E-state index is 0.820. The molecule has 1 aliphatic carbocycles. The number of benzene rings is 1. The molecule has 2 heteroatoms. The highest BCUT2D eigenvalue weighted by Crippen LogP contribution is 2.36. The Kier molecular flexibility index (Phi) is 2.47. The third-order valence-corrected chi connectivity index (χ3v) is 4.24. The van der Waals surface area contributed by atoms with Crippen LogP contribution in [0.3, 0.4) is 0 Å². The zero-order valence-corrected chi connectivity index (χ0v) is 10.5. The monoisotopic (exact) mass is 265 g/mol. The molecule has 0 aromatic heterocycles. The lowest BCUT2D eigenvalue weighted by molar-refractivity contribution is 0.625. The van der Waals surface area contributed by atoms with Gasteiger partial charge in [0, 0.05) is 22.7 Å². The third kappa shape index (κ3) is 1.69. The van der Waals surface area contributed by atoms with E-state index in [0.29, 0.717) is 0 Å². The first-order chi connectivity index (χ1) is 7.34. The molecular weight excluding hydrogens is 250 g/mol. The van der Waals surface area contributed by atoms with E-state index >= 15 is 0 Å². The van der Waals surface area contributed by atoms with Crippen LogP contribution in [0.4, 0.5) is 5.69 Å². The van der Waals surface area contributed by atoms with Gasteiger partial charge in [0.1, 0.15) is 0 Å². The van der Waals surface area contributed by atoms with Crippen LogP contribution in [0.15, 0.2) is 22.7 Å². The molecule has 0 spiro atoms. The van der Waals surface area contributed by atoms with Crippen molar-refractivity contribution >= 4 is 21.6 Å². The first-order valence-corrected chi connectivity index (χ1v) is 6.69. The molecule has 0 atom stereocenters. The van der Waals surface area contributed by atoms with Crippen molar-refractivity contribution in [2.75, 3.05) is 11.4 Å². The Hall–Kier alpha value is -0.500. The van der Waals surface area contributed by atoms with Crippen LogP contribution in [0.25, 0.3) is 0 Å². The maximum absolute atomic E-state index is 3.57. The number of hydrogen-bond acceptors (Lipinski definition) is 1. The van der Waals surface area contributed by atoms with Gasteiger partial charge < -0.3 is 4.90 Å². The molecular formula is C13H16BrN. The molecule has 1 heterocycles. The van der Waals surface area contributed by atoms with Crippen molar-refractivity contribution in [1.29, 1.82) is 0 Å². The lowest BCUT2D eigenvalue weighted by Gasteiger charge is -2.26. The Balaban J connectivity index is 1.92. The number of rotatable bonds is 1. The summed E-state index contributed by atoms with van der Waals surface area (Å²) in [4.78, 5) is 2.63. The largest absolute Gasteiger partial charge is 0.368 e. The first kappa shape index (κ1) is 9.71. The Morgan fingerprint density at radius 1 is 1.20 bits per heavy atom. The van der Waals surface area contributed by atoms with Crippen molar-refractivity contribution in [2.24, 2.45) is 0 Å². The number of anilines is 1. The molecule has 1 nitrogen and oxygen atoms in total. The van der Waals surface area contributed by atoms with E-state index in [1.54, 1.807) is 0 Å². The predicted octanol–water partition coefficient (Wildman–Crippen LogP) is 3.75. The zero-order valence-electron chi connectivity index (χ0n) is 8.88. The molecule has 3 rings (SSSR count). The summed E-state index contributed by atoms with van der Waals surface area (Å²) in [6.45, 7) is 1.23. The first-order valence-electron chi connectivity index (χ1n) is 5.90. The number of halogens is 1. The Morgan fingerprint density at radius 3 is 2.80 bits per heavy atom. The van der Waals surface area contributed by atoms with E-state index in [9.17, 15) is 0 Å². The highest BCUT2D eigenvalue weighted by atomic mass is 79.9. The molecule has 0 radical (unpaired) electrons. The van der Waals surface area contributed by atoms with Gasteiger partial charge in [-0.2, -0.15) is 0 Å². The summed E-state index contributed by atoms with van der Waals surface area (Å²) in [6.07, 6.45) is 6.87. The molecule has 2 aliphatic rings. The Bertz CT molecular complexity index is 369. The summed E-state index contributed by atoms with van der Waals surface area (Å²) in [7, 11) is 0. The molecule has 1 aliphatic heterocycles. The van der Waals surface area contributed by atoms with Gasteiger partial charge in [0.05, 0.1) is 0 Å². The van der Waals surface area contributed by atoms with E-state index in [4.69, 9.17) is 0 Å². The maximum atomic E-state index is 3.57. The SMILES string of the molecule is Brc1ccc2c(c1)N(C1CCCC1)CC2. The van der Waals surface area contributed by atoms with E-state index in [-0.39, 0.29) is 0 Å². The summed E-state index contributed by atoms with van der Waals surface area (Å²) >= 11 is 3.57.